The van der Waals surface area contributed by atoms with Gasteiger partial charge >= 0.3 is 12.0 Å². The third-order valence-electron chi connectivity index (χ3n) is 6.93. The molecule has 0 amide bonds. The fraction of sp³-hybridized carbons (Fsp3) is 0.533. The molecular weight excluding hydrogens is 524 g/mol. The Morgan fingerprint density at radius 3 is 2.27 bits per heavy atom. The molecule has 0 saturated heterocycles. The Bertz CT molecular complexity index is 1220. The van der Waals surface area contributed by atoms with Gasteiger partial charge in [0.15, 0.2) is 5.82 Å². The third-order valence-corrected chi connectivity index (χ3v) is 8.63. The molecule has 0 aliphatic heterocycles. The van der Waals surface area contributed by atoms with Gasteiger partial charge in [0.05, 0.1) is 19.1 Å². The topological polar surface area (TPSA) is 97.6 Å². The van der Waals surface area contributed by atoms with Gasteiger partial charge in [-0.1, -0.05) is 43.9 Å². The van der Waals surface area contributed by atoms with Crippen molar-refractivity contribution in [1.82, 2.24) is 19.7 Å². The van der Waals surface area contributed by atoms with Crippen molar-refractivity contribution in [3.63, 3.8) is 0 Å². The van der Waals surface area contributed by atoms with E-state index < -0.39 is 8.07 Å². The van der Waals surface area contributed by atoms with Crippen LogP contribution in [0.4, 0.5) is 0 Å². The summed E-state index contributed by atoms with van der Waals surface area (Å²) < 4.78 is 24.5. The maximum atomic E-state index is 12.0. The van der Waals surface area contributed by atoms with Gasteiger partial charge in [-0.2, -0.15) is 4.98 Å². The number of rotatable bonds is 13. The highest BCUT2D eigenvalue weighted by atomic mass is 28.3. The number of esters is 1. The first-order valence-electron chi connectivity index (χ1n) is 14.3. The fourth-order valence-electron chi connectivity index (χ4n) is 4.62. The standard InChI is InChI=1S/C30H42N4O5Si/c1-6-37-29(35)24-12-15-26(16-13-24)39-27-17-14-25(20-31-27)22-8-10-23(11-9-22)28-32-30(38-7-2)33-34(28)21-36-18-19-40(3,4)5/h8-11,14,17,20,24,26H,6-7,12-13,15-16,18-19,21H2,1-5H3/t24-,26+. The maximum Gasteiger partial charge on any atom is 0.336 e. The lowest BCUT2D eigenvalue weighted by atomic mass is 9.87. The van der Waals surface area contributed by atoms with E-state index in [2.05, 4.69) is 46.8 Å². The monoisotopic (exact) mass is 566 g/mol. The molecule has 216 valence electrons. The lowest BCUT2D eigenvalue weighted by Crippen LogP contribution is -2.29. The summed E-state index contributed by atoms with van der Waals surface area (Å²) in [6.45, 7) is 12.7. The molecule has 3 aromatic rings. The summed E-state index contributed by atoms with van der Waals surface area (Å²) in [5, 5.41) is 4.49. The SMILES string of the molecule is CCOc1nc(-c2ccc(-c3ccc(O[C@H]4CC[C@@H](C(=O)OCC)CC4)nc3)cc2)n(COCC[Si](C)(C)C)n1. The van der Waals surface area contributed by atoms with E-state index in [1.54, 1.807) is 4.68 Å². The molecule has 1 aromatic carbocycles. The molecular formula is C30H42N4O5Si. The van der Waals surface area contributed by atoms with Gasteiger partial charge in [0.1, 0.15) is 12.8 Å². The van der Waals surface area contributed by atoms with Crippen LogP contribution in [0.25, 0.3) is 22.5 Å². The highest BCUT2D eigenvalue weighted by Crippen LogP contribution is 2.29. The molecule has 1 aliphatic carbocycles. The van der Waals surface area contributed by atoms with E-state index in [1.165, 1.54) is 0 Å². The minimum atomic E-state index is -1.17. The molecule has 40 heavy (non-hydrogen) atoms. The van der Waals surface area contributed by atoms with E-state index in [1.807, 2.05) is 44.3 Å². The minimum absolute atomic E-state index is 0.0137. The first kappa shape index (κ1) is 29.7. The van der Waals surface area contributed by atoms with Crippen molar-refractivity contribution in [1.29, 1.82) is 0 Å². The van der Waals surface area contributed by atoms with Crippen LogP contribution in [0.3, 0.4) is 0 Å². The summed E-state index contributed by atoms with van der Waals surface area (Å²) in [6.07, 6.45) is 5.13. The fourth-order valence-corrected chi connectivity index (χ4v) is 5.38. The molecule has 2 heterocycles. The summed E-state index contributed by atoms with van der Waals surface area (Å²) in [5.74, 6) is 1.21. The van der Waals surface area contributed by atoms with Gasteiger partial charge in [0.25, 0.3) is 0 Å². The van der Waals surface area contributed by atoms with Crippen molar-refractivity contribution in [3.05, 3.63) is 42.6 Å². The normalized spacial score (nSPS) is 17.4. The van der Waals surface area contributed by atoms with Gasteiger partial charge in [-0.05, 0) is 57.2 Å². The average Bonchev–Trinajstić information content (AvgIpc) is 3.34. The molecule has 0 N–H and O–H groups in total. The summed E-state index contributed by atoms with van der Waals surface area (Å²) in [6, 6.07) is 13.5. The molecule has 0 unspecified atom stereocenters. The van der Waals surface area contributed by atoms with E-state index in [-0.39, 0.29) is 18.0 Å². The summed E-state index contributed by atoms with van der Waals surface area (Å²) in [5.41, 5.74) is 2.97. The van der Waals surface area contributed by atoms with Crippen LogP contribution in [0.2, 0.25) is 25.7 Å². The largest absolute Gasteiger partial charge is 0.474 e. The van der Waals surface area contributed by atoms with E-state index in [4.69, 9.17) is 18.9 Å². The Hall–Kier alpha value is -3.24. The maximum absolute atomic E-state index is 12.0. The lowest BCUT2D eigenvalue weighted by molar-refractivity contribution is -0.149. The Kier molecular flexibility index (Phi) is 10.3. The Labute approximate surface area is 238 Å². The molecule has 4 rings (SSSR count). The van der Waals surface area contributed by atoms with E-state index in [0.29, 0.717) is 44.3 Å². The number of hydrogen-bond acceptors (Lipinski definition) is 8. The van der Waals surface area contributed by atoms with Crippen molar-refractivity contribution in [2.45, 2.75) is 78.1 Å². The number of aromatic nitrogens is 4. The molecule has 1 fully saturated rings. The molecule has 0 spiro atoms. The predicted octanol–water partition coefficient (Wildman–Crippen LogP) is 6.22. The van der Waals surface area contributed by atoms with Crippen LogP contribution in [-0.2, 0) is 21.0 Å². The van der Waals surface area contributed by atoms with Gasteiger partial charge in [-0.15, -0.1) is 5.10 Å². The molecule has 10 heteroatoms. The zero-order valence-corrected chi connectivity index (χ0v) is 25.4. The van der Waals surface area contributed by atoms with Gasteiger partial charge in [0.2, 0.25) is 5.88 Å². The van der Waals surface area contributed by atoms with Crippen LogP contribution in [-0.4, -0.2) is 59.7 Å². The Morgan fingerprint density at radius 1 is 0.950 bits per heavy atom. The van der Waals surface area contributed by atoms with Crippen molar-refractivity contribution < 1.29 is 23.7 Å². The first-order valence-corrected chi connectivity index (χ1v) is 18.0. The van der Waals surface area contributed by atoms with Gasteiger partial charge in [-0.3, -0.25) is 4.79 Å². The van der Waals surface area contributed by atoms with Crippen LogP contribution in [0.1, 0.15) is 39.5 Å². The molecule has 2 aromatic heterocycles. The Morgan fingerprint density at radius 2 is 1.65 bits per heavy atom. The molecule has 0 bridgehead atoms. The third kappa shape index (κ3) is 8.38. The van der Waals surface area contributed by atoms with E-state index in [9.17, 15) is 4.79 Å². The molecule has 9 nitrogen and oxygen atoms in total. The smallest absolute Gasteiger partial charge is 0.336 e. The Balaban J connectivity index is 1.36. The highest BCUT2D eigenvalue weighted by molar-refractivity contribution is 6.76. The zero-order chi connectivity index (χ0) is 28.5. The van der Waals surface area contributed by atoms with Crippen molar-refractivity contribution >= 4 is 14.0 Å². The molecule has 0 atom stereocenters. The van der Waals surface area contributed by atoms with Crippen molar-refractivity contribution in [2.75, 3.05) is 19.8 Å². The predicted molar refractivity (Wildman–Crippen MR) is 157 cm³/mol. The number of nitrogens with zero attached hydrogens (tertiary/aromatic N) is 4. The van der Waals surface area contributed by atoms with Crippen molar-refractivity contribution in [2.24, 2.45) is 5.92 Å². The zero-order valence-electron chi connectivity index (χ0n) is 24.4. The van der Waals surface area contributed by atoms with Crippen LogP contribution in [0, 0.1) is 5.92 Å². The minimum Gasteiger partial charge on any atom is -0.474 e. The van der Waals surface area contributed by atoms with Crippen LogP contribution in [0.5, 0.6) is 11.9 Å². The highest BCUT2D eigenvalue weighted by Gasteiger charge is 2.28. The summed E-state index contributed by atoms with van der Waals surface area (Å²) in [4.78, 5) is 21.1. The van der Waals surface area contributed by atoms with Gasteiger partial charge in [-0.25, -0.2) is 9.67 Å². The lowest BCUT2D eigenvalue weighted by Gasteiger charge is -2.27. The number of pyridine rings is 1. The van der Waals surface area contributed by atoms with Crippen LogP contribution >= 0.6 is 0 Å². The summed E-state index contributed by atoms with van der Waals surface area (Å²) in [7, 11) is -1.17. The van der Waals surface area contributed by atoms with Gasteiger partial charge < -0.3 is 18.9 Å². The number of carbonyl (C=O) groups is 1. The molecule has 1 aliphatic rings. The van der Waals surface area contributed by atoms with E-state index >= 15 is 0 Å². The number of benzene rings is 1. The molecule has 0 radical (unpaired) electrons. The van der Waals surface area contributed by atoms with Crippen molar-refractivity contribution in [3.8, 4) is 34.4 Å². The quantitative estimate of drug-likeness (QED) is 0.137. The number of ether oxygens (including phenoxy) is 4. The van der Waals surface area contributed by atoms with Crippen LogP contribution < -0.4 is 9.47 Å². The number of carbonyl (C=O) groups excluding carboxylic acids is 1. The van der Waals surface area contributed by atoms with Crippen LogP contribution in [0.15, 0.2) is 42.6 Å². The average molecular weight is 567 g/mol. The van der Waals surface area contributed by atoms with E-state index in [0.717, 1.165) is 48.4 Å². The second kappa shape index (κ2) is 13.9. The number of hydrogen-bond donors (Lipinski definition) is 0. The second-order valence-electron chi connectivity index (χ2n) is 11.3. The molecule has 1 saturated carbocycles. The first-order chi connectivity index (χ1) is 19.3. The van der Waals surface area contributed by atoms with Gasteiger partial charge in [0, 0.05) is 38.1 Å². The summed E-state index contributed by atoms with van der Waals surface area (Å²) >= 11 is 0. The second-order valence-corrected chi connectivity index (χ2v) is 16.9.